The first-order valence-electron chi connectivity index (χ1n) is 8.31. The largest absolute Gasteiger partial charge is 0.494 e. The summed E-state index contributed by atoms with van der Waals surface area (Å²) in [5, 5.41) is 17.0. The Morgan fingerprint density at radius 3 is 2.56 bits per heavy atom. The van der Waals surface area contributed by atoms with Crippen molar-refractivity contribution in [2.45, 2.75) is 6.92 Å². The van der Waals surface area contributed by atoms with Gasteiger partial charge in [-0.25, -0.2) is 4.98 Å². The number of aryl methyl sites for hydroxylation is 1. The van der Waals surface area contributed by atoms with Crippen LogP contribution in [0, 0.1) is 6.92 Å². The molecule has 8 heteroatoms. The Balaban J connectivity index is 1.99. The van der Waals surface area contributed by atoms with Crippen molar-refractivity contribution in [3.05, 3.63) is 59.9 Å². The fourth-order valence-corrected chi connectivity index (χ4v) is 2.57. The molecule has 0 saturated carbocycles. The van der Waals surface area contributed by atoms with Crippen molar-refractivity contribution in [1.82, 2.24) is 20.5 Å². The monoisotopic (exact) mass is 364 g/mol. The molecule has 0 saturated heterocycles. The zero-order valence-corrected chi connectivity index (χ0v) is 15.3. The van der Waals surface area contributed by atoms with E-state index < -0.39 is 0 Å². The van der Waals surface area contributed by atoms with Crippen molar-refractivity contribution >= 4 is 28.9 Å². The number of anilines is 4. The van der Waals surface area contributed by atoms with E-state index in [9.17, 15) is 4.79 Å². The Morgan fingerprint density at radius 2 is 1.85 bits per heavy atom. The number of pyridine rings is 1. The zero-order chi connectivity index (χ0) is 19.2. The molecule has 138 valence electrons. The molecule has 0 spiro atoms. The topological polar surface area (TPSA) is 101 Å². The van der Waals surface area contributed by atoms with Gasteiger partial charge in [0.25, 0.3) is 5.91 Å². The van der Waals surface area contributed by atoms with Gasteiger partial charge in [0.05, 0.1) is 18.5 Å². The number of hydrogen-bond acceptors (Lipinski definition) is 7. The van der Waals surface area contributed by atoms with Crippen molar-refractivity contribution in [2.24, 2.45) is 0 Å². The van der Waals surface area contributed by atoms with E-state index in [0.717, 1.165) is 11.3 Å². The Bertz CT molecular complexity index is 946. The fourth-order valence-electron chi connectivity index (χ4n) is 2.57. The summed E-state index contributed by atoms with van der Waals surface area (Å²) in [6.45, 7) is 1.95. The van der Waals surface area contributed by atoms with Gasteiger partial charge in [-0.2, -0.15) is 0 Å². The van der Waals surface area contributed by atoms with E-state index in [1.807, 2.05) is 43.3 Å². The number of aromatic nitrogens is 3. The summed E-state index contributed by atoms with van der Waals surface area (Å²) in [5.74, 6) is 1.42. The standard InChI is InChI=1S/C19H20N6O2/c1-12-7-6-8-13(18(12)27-3)22-14-11-16(23-15-9-4-5-10-21-15)24-25-17(14)19(26)20-2/h4-11H,1-3H3,(H,20,26)(H2,21,22,23,24). The van der Waals surface area contributed by atoms with E-state index >= 15 is 0 Å². The van der Waals surface area contributed by atoms with E-state index in [1.54, 1.807) is 26.4 Å². The fraction of sp³-hybridized carbons (Fsp3) is 0.158. The van der Waals surface area contributed by atoms with Crippen molar-refractivity contribution < 1.29 is 9.53 Å². The highest BCUT2D eigenvalue weighted by Gasteiger charge is 2.16. The normalized spacial score (nSPS) is 10.2. The smallest absolute Gasteiger partial charge is 0.273 e. The predicted octanol–water partition coefficient (Wildman–Crippen LogP) is 3.04. The minimum Gasteiger partial charge on any atom is -0.494 e. The SMILES string of the molecule is CNC(=O)c1nnc(Nc2ccccn2)cc1Nc1cccc(C)c1OC. The lowest BCUT2D eigenvalue weighted by atomic mass is 10.2. The number of methoxy groups -OCH3 is 1. The minimum atomic E-state index is -0.346. The van der Waals surface area contributed by atoms with Crippen LogP contribution in [0.15, 0.2) is 48.7 Å². The number of amides is 1. The van der Waals surface area contributed by atoms with E-state index in [1.165, 1.54) is 0 Å². The molecule has 3 rings (SSSR count). The average molecular weight is 364 g/mol. The molecule has 27 heavy (non-hydrogen) atoms. The molecule has 0 aliphatic carbocycles. The first kappa shape index (κ1) is 18.1. The van der Waals surface area contributed by atoms with Gasteiger partial charge in [-0.1, -0.05) is 18.2 Å². The van der Waals surface area contributed by atoms with E-state index in [-0.39, 0.29) is 11.6 Å². The first-order valence-corrected chi connectivity index (χ1v) is 8.31. The second-order valence-corrected chi connectivity index (χ2v) is 5.69. The maximum Gasteiger partial charge on any atom is 0.273 e. The molecule has 2 aromatic heterocycles. The van der Waals surface area contributed by atoms with Crippen molar-refractivity contribution in [2.75, 3.05) is 24.8 Å². The molecule has 0 atom stereocenters. The summed E-state index contributed by atoms with van der Waals surface area (Å²) in [5.41, 5.74) is 2.36. The molecule has 0 radical (unpaired) electrons. The van der Waals surface area contributed by atoms with Crippen molar-refractivity contribution in [1.29, 1.82) is 0 Å². The molecular weight excluding hydrogens is 344 g/mol. The highest BCUT2D eigenvalue weighted by atomic mass is 16.5. The summed E-state index contributed by atoms with van der Waals surface area (Å²) >= 11 is 0. The van der Waals surface area contributed by atoms with Crippen LogP contribution in [0.25, 0.3) is 0 Å². The van der Waals surface area contributed by atoms with Gasteiger partial charge in [-0.05, 0) is 30.7 Å². The van der Waals surface area contributed by atoms with Crippen LogP contribution >= 0.6 is 0 Å². The van der Waals surface area contributed by atoms with Gasteiger partial charge in [-0.15, -0.1) is 10.2 Å². The third-order valence-electron chi connectivity index (χ3n) is 3.84. The van der Waals surface area contributed by atoms with Crippen LogP contribution in [-0.2, 0) is 0 Å². The minimum absolute atomic E-state index is 0.174. The number of benzene rings is 1. The highest BCUT2D eigenvalue weighted by molar-refractivity contribution is 5.98. The third-order valence-corrected chi connectivity index (χ3v) is 3.84. The molecule has 0 bridgehead atoms. The number of nitrogens with one attached hydrogen (secondary N) is 3. The summed E-state index contributed by atoms with van der Waals surface area (Å²) in [4.78, 5) is 16.4. The Labute approximate surface area is 157 Å². The molecule has 0 fully saturated rings. The third kappa shape index (κ3) is 4.12. The molecule has 2 heterocycles. The van der Waals surface area contributed by atoms with Gasteiger partial charge in [0.2, 0.25) is 0 Å². The van der Waals surface area contributed by atoms with Gasteiger partial charge in [-0.3, -0.25) is 4.79 Å². The number of hydrogen-bond donors (Lipinski definition) is 3. The number of carbonyl (C=O) groups excluding carboxylic acids is 1. The Morgan fingerprint density at radius 1 is 1.00 bits per heavy atom. The maximum absolute atomic E-state index is 12.2. The van der Waals surface area contributed by atoms with Crippen molar-refractivity contribution in [3.8, 4) is 5.75 Å². The van der Waals surface area contributed by atoms with Crippen LogP contribution in [0.5, 0.6) is 5.75 Å². The molecule has 0 unspecified atom stereocenters. The number of ether oxygens (including phenoxy) is 1. The number of para-hydroxylation sites is 1. The van der Waals surface area contributed by atoms with E-state index in [4.69, 9.17) is 4.74 Å². The van der Waals surface area contributed by atoms with Crippen LogP contribution in [0.2, 0.25) is 0 Å². The summed E-state index contributed by atoms with van der Waals surface area (Å²) in [6, 6.07) is 12.9. The predicted molar refractivity (Wildman–Crippen MR) is 104 cm³/mol. The summed E-state index contributed by atoms with van der Waals surface area (Å²) < 4.78 is 5.48. The van der Waals surface area contributed by atoms with E-state index in [0.29, 0.717) is 23.1 Å². The van der Waals surface area contributed by atoms with Gasteiger partial charge >= 0.3 is 0 Å². The number of rotatable bonds is 6. The lowest BCUT2D eigenvalue weighted by molar-refractivity contribution is 0.0958. The molecule has 3 N–H and O–H groups in total. The van der Waals surface area contributed by atoms with Crippen LogP contribution in [0.1, 0.15) is 16.1 Å². The van der Waals surface area contributed by atoms with Crippen molar-refractivity contribution in [3.63, 3.8) is 0 Å². The number of nitrogens with zero attached hydrogens (tertiary/aromatic N) is 3. The lowest BCUT2D eigenvalue weighted by Gasteiger charge is -2.15. The van der Waals surface area contributed by atoms with Gasteiger partial charge in [0.15, 0.2) is 11.5 Å². The van der Waals surface area contributed by atoms with Gasteiger partial charge in [0.1, 0.15) is 11.6 Å². The Kier molecular flexibility index (Phi) is 5.46. The second kappa shape index (κ2) is 8.13. The maximum atomic E-state index is 12.2. The molecule has 1 aromatic carbocycles. The molecule has 0 aliphatic heterocycles. The quantitative estimate of drug-likeness (QED) is 0.618. The lowest BCUT2D eigenvalue weighted by Crippen LogP contribution is -2.21. The van der Waals surface area contributed by atoms with Gasteiger partial charge < -0.3 is 20.7 Å². The molecule has 1 amide bonds. The second-order valence-electron chi connectivity index (χ2n) is 5.69. The number of carbonyl (C=O) groups is 1. The van der Waals surface area contributed by atoms with Crippen LogP contribution < -0.4 is 20.7 Å². The zero-order valence-electron chi connectivity index (χ0n) is 15.3. The van der Waals surface area contributed by atoms with Crippen LogP contribution in [-0.4, -0.2) is 35.2 Å². The highest BCUT2D eigenvalue weighted by Crippen LogP contribution is 2.32. The van der Waals surface area contributed by atoms with E-state index in [2.05, 4.69) is 31.1 Å². The van der Waals surface area contributed by atoms with Crippen LogP contribution in [0.4, 0.5) is 23.0 Å². The molecular formula is C19H20N6O2. The summed E-state index contributed by atoms with van der Waals surface area (Å²) in [6.07, 6.45) is 1.67. The first-order chi connectivity index (χ1) is 13.1. The van der Waals surface area contributed by atoms with Gasteiger partial charge in [0, 0.05) is 19.3 Å². The Hall–Kier alpha value is -3.68. The summed E-state index contributed by atoms with van der Waals surface area (Å²) in [7, 11) is 3.15. The van der Waals surface area contributed by atoms with Crippen LogP contribution in [0.3, 0.4) is 0 Å². The molecule has 8 nitrogen and oxygen atoms in total. The average Bonchev–Trinajstić information content (AvgIpc) is 2.69. The molecule has 0 aliphatic rings. The molecule has 3 aromatic rings.